The molecule has 11 nitrogen and oxygen atoms in total. The summed E-state index contributed by atoms with van der Waals surface area (Å²) in [6.07, 6.45) is 2.16. The first-order chi connectivity index (χ1) is 19.3. The Bertz CT molecular complexity index is 1830. The van der Waals surface area contributed by atoms with Crippen molar-refractivity contribution in [2.24, 2.45) is 15.9 Å². The number of halogens is 1. The molecular weight excluding hydrogens is 610 g/mol. The van der Waals surface area contributed by atoms with Crippen LogP contribution in [0.25, 0.3) is 10.9 Å². The number of nitrogens with zero attached hydrogens (tertiary/aromatic N) is 1. The summed E-state index contributed by atoms with van der Waals surface area (Å²) >= 11 is 7.42. The van der Waals surface area contributed by atoms with Crippen molar-refractivity contribution in [3.05, 3.63) is 89.1 Å². The third-order valence-electron chi connectivity index (χ3n) is 5.90. The van der Waals surface area contributed by atoms with E-state index in [0.29, 0.717) is 17.9 Å². The van der Waals surface area contributed by atoms with Crippen molar-refractivity contribution in [3.63, 3.8) is 0 Å². The number of aliphatic imine (C=N–C) groups is 1. The number of thioether (sulfide) groups is 1. The molecule has 7 N–H and O–H groups in total. The van der Waals surface area contributed by atoms with Gasteiger partial charge in [-0.1, -0.05) is 60.1 Å². The van der Waals surface area contributed by atoms with Crippen LogP contribution in [0, 0.1) is 0 Å². The number of benzene rings is 3. The zero-order valence-corrected chi connectivity index (χ0v) is 24.5. The molecule has 1 atom stereocenters. The number of amidine groups is 1. The topological polar surface area (TPSA) is 198 Å². The second-order valence-corrected chi connectivity index (χ2v) is 13.5. The number of aromatic amines is 1. The smallest absolute Gasteiger partial charge is 0.320 e. The minimum absolute atomic E-state index is 0.0801. The van der Waals surface area contributed by atoms with Gasteiger partial charge >= 0.3 is 5.97 Å². The van der Waals surface area contributed by atoms with Crippen LogP contribution in [-0.2, 0) is 37.0 Å². The maximum atomic E-state index is 12.4. The number of aliphatic carboxylic acids is 1. The molecule has 0 saturated carbocycles. The van der Waals surface area contributed by atoms with Crippen LogP contribution in [0.2, 0.25) is 5.02 Å². The van der Waals surface area contributed by atoms with E-state index in [9.17, 15) is 21.6 Å². The van der Waals surface area contributed by atoms with Crippen LogP contribution < -0.4 is 15.6 Å². The van der Waals surface area contributed by atoms with Crippen LogP contribution in [0.4, 0.5) is 5.69 Å². The van der Waals surface area contributed by atoms with Gasteiger partial charge in [0.25, 0.3) is 10.0 Å². The van der Waals surface area contributed by atoms with Crippen molar-refractivity contribution in [2.75, 3.05) is 5.75 Å². The van der Waals surface area contributed by atoms with Crippen LogP contribution in [-0.4, -0.2) is 50.5 Å². The maximum Gasteiger partial charge on any atom is 0.320 e. The highest BCUT2D eigenvalue weighted by Gasteiger charge is 2.29. The summed E-state index contributed by atoms with van der Waals surface area (Å²) in [5.74, 6) is 0.305. The van der Waals surface area contributed by atoms with Gasteiger partial charge in [-0.3, -0.25) is 9.52 Å². The number of carbonyl (C=O) groups is 1. The number of fused-ring (bicyclic) bond motifs is 2. The Morgan fingerprint density at radius 2 is 1.76 bits per heavy atom. The lowest BCUT2D eigenvalue weighted by molar-refractivity contribution is -0.138. The van der Waals surface area contributed by atoms with Crippen molar-refractivity contribution >= 4 is 71.8 Å². The molecule has 1 aliphatic rings. The van der Waals surface area contributed by atoms with Gasteiger partial charge in [0.05, 0.1) is 16.5 Å². The number of primary sulfonamides is 1. The molecular formula is C26H26ClN5O6S3. The van der Waals surface area contributed by atoms with Crippen LogP contribution in [0.1, 0.15) is 11.1 Å². The Labute approximate surface area is 246 Å². The third-order valence-corrected chi connectivity index (χ3v) is 9.70. The van der Waals surface area contributed by atoms with E-state index < -0.39 is 37.0 Å². The van der Waals surface area contributed by atoms with Gasteiger partial charge in [0, 0.05) is 29.3 Å². The number of carboxylic acid groups (broad SMARTS) is 1. The molecule has 5 rings (SSSR count). The number of para-hydroxylation sites is 1. The standard InChI is InChI=1S/C15H14ClN3O4S3.C11H12N2O2/c16-11-6-12-14(7-13(11)25(17,20)21)26(22,23)19-15(18-12)9-24-8-10-4-2-1-3-5-10;12-9(11(14)15)5-7-6-13-10-4-2-1-3-8(7)10/h1-7H,8-9H2,(H,18,19)(H2,17,20,21);1-4,6,9,13H,5,12H2,(H,14,15). The van der Waals surface area contributed by atoms with E-state index in [4.69, 9.17) is 27.6 Å². The summed E-state index contributed by atoms with van der Waals surface area (Å²) in [6, 6.07) is 18.8. The number of aromatic nitrogens is 1. The largest absolute Gasteiger partial charge is 0.480 e. The predicted octanol–water partition coefficient (Wildman–Crippen LogP) is 3.37. The number of sulfonamides is 2. The number of nitrogens with two attached hydrogens (primary N) is 2. The van der Waals surface area contributed by atoms with E-state index in [1.807, 2.05) is 60.8 Å². The zero-order chi connectivity index (χ0) is 29.8. The average Bonchev–Trinajstić information content (AvgIpc) is 3.31. The van der Waals surface area contributed by atoms with Crippen LogP contribution in [0.3, 0.4) is 0 Å². The number of rotatable bonds is 8. The molecule has 0 aliphatic carbocycles. The minimum atomic E-state index is -4.15. The molecule has 15 heteroatoms. The van der Waals surface area contributed by atoms with Gasteiger partial charge < -0.3 is 15.8 Å². The lowest BCUT2D eigenvalue weighted by Crippen LogP contribution is -2.35. The Kier molecular flexibility index (Phi) is 9.41. The van der Waals surface area contributed by atoms with Gasteiger partial charge in [-0.15, -0.1) is 11.8 Å². The van der Waals surface area contributed by atoms with Gasteiger partial charge in [-0.25, -0.2) is 27.0 Å². The Morgan fingerprint density at radius 3 is 2.44 bits per heavy atom. The molecule has 1 unspecified atom stereocenters. The van der Waals surface area contributed by atoms with Crippen molar-refractivity contribution in [1.29, 1.82) is 0 Å². The molecule has 1 aromatic heterocycles. The minimum Gasteiger partial charge on any atom is -0.480 e. The molecule has 2 heterocycles. The Morgan fingerprint density at radius 1 is 1.07 bits per heavy atom. The van der Waals surface area contributed by atoms with Crippen LogP contribution in [0.15, 0.2) is 87.7 Å². The van der Waals surface area contributed by atoms with Crippen molar-refractivity contribution in [3.8, 4) is 0 Å². The molecule has 0 bridgehead atoms. The van der Waals surface area contributed by atoms with Gasteiger partial charge in [-0.2, -0.15) is 0 Å². The Balaban J connectivity index is 0.000000218. The highest BCUT2D eigenvalue weighted by atomic mass is 35.5. The number of carboxylic acids is 1. The van der Waals surface area contributed by atoms with E-state index in [2.05, 4.69) is 14.7 Å². The molecule has 0 spiro atoms. The number of hydrogen-bond donors (Lipinski definition) is 5. The van der Waals surface area contributed by atoms with Gasteiger partial charge in [0.1, 0.15) is 21.7 Å². The summed E-state index contributed by atoms with van der Waals surface area (Å²) in [4.78, 5) is 17.2. The molecule has 0 fully saturated rings. The van der Waals surface area contributed by atoms with Crippen molar-refractivity contribution in [1.82, 2.24) is 9.71 Å². The fourth-order valence-electron chi connectivity index (χ4n) is 3.95. The van der Waals surface area contributed by atoms with E-state index in [0.717, 1.165) is 28.1 Å². The fraction of sp³-hybridized carbons (Fsp3) is 0.154. The summed E-state index contributed by atoms with van der Waals surface area (Å²) in [6.45, 7) is 0. The lowest BCUT2D eigenvalue weighted by Gasteiger charge is -2.19. The highest BCUT2D eigenvalue weighted by Crippen LogP contribution is 2.35. The fourth-order valence-corrected chi connectivity index (χ4v) is 7.26. The van der Waals surface area contributed by atoms with E-state index in [1.165, 1.54) is 17.8 Å². The Hall–Kier alpha value is -3.40. The number of nitrogens with one attached hydrogen (secondary N) is 2. The second kappa shape index (κ2) is 12.6. The zero-order valence-electron chi connectivity index (χ0n) is 21.3. The van der Waals surface area contributed by atoms with Crippen LogP contribution >= 0.6 is 23.4 Å². The summed E-state index contributed by atoms with van der Waals surface area (Å²) in [7, 11) is -8.11. The lowest BCUT2D eigenvalue weighted by atomic mass is 10.1. The molecule has 41 heavy (non-hydrogen) atoms. The quantitative estimate of drug-likeness (QED) is 0.194. The van der Waals surface area contributed by atoms with Gasteiger partial charge in [-0.05, 0) is 29.3 Å². The SMILES string of the molecule is NC(Cc1c[nH]c2ccccc12)C(=O)O.NS(=O)(=O)c1cc2c(cc1Cl)N=C(CSCc1ccccc1)NS2(=O)=O. The number of H-pyrrole nitrogens is 1. The van der Waals surface area contributed by atoms with Crippen LogP contribution in [0.5, 0.6) is 0 Å². The second-order valence-electron chi connectivity index (χ2n) is 8.95. The first kappa shape index (κ1) is 30.6. The monoisotopic (exact) mass is 635 g/mol. The predicted molar refractivity (Wildman–Crippen MR) is 160 cm³/mol. The normalized spacial score (nSPS) is 14.7. The van der Waals surface area contributed by atoms with Gasteiger partial charge in [0.15, 0.2) is 0 Å². The van der Waals surface area contributed by atoms with Gasteiger partial charge in [0.2, 0.25) is 10.0 Å². The summed E-state index contributed by atoms with van der Waals surface area (Å²) < 4.78 is 50.3. The van der Waals surface area contributed by atoms with E-state index >= 15 is 0 Å². The average molecular weight is 636 g/mol. The van der Waals surface area contributed by atoms with Crippen molar-refractivity contribution in [2.45, 2.75) is 28.0 Å². The maximum absolute atomic E-state index is 12.4. The molecule has 0 radical (unpaired) electrons. The molecule has 0 amide bonds. The molecule has 3 aromatic carbocycles. The first-order valence-electron chi connectivity index (χ1n) is 12.0. The van der Waals surface area contributed by atoms with E-state index in [-0.39, 0.29) is 21.4 Å². The molecule has 0 saturated heterocycles. The molecule has 1 aliphatic heterocycles. The highest BCUT2D eigenvalue weighted by molar-refractivity contribution is 7.99. The van der Waals surface area contributed by atoms with E-state index in [1.54, 1.807) is 0 Å². The summed E-state index contributed by atoms with van der Waals surface area (Å²) in [5, 5.41) is 14.6. The third kappa shape index (κ3) is 7.67. The molecule has 4 aromatic rings. The first-order valence-corrected chi connectivity index (χ1v) is 16.5. The molecule has 216 valence electrons. The number of hydrogen-bond acceptors (Lipinski definition) is 8. The van der Waals surface area contributed by atoms with Crippen molar-refractivity contribution < 1.29 is 26.7 Å². The summed E-state index contributed by atoms with van der Waals surface area (Å²) in [5.41, 5.74) is 8.62.